The van der Waals surface area contributed by atoms with Gasteiger partial charge in [0.05, 0.1) is 6.26 Å². The standard InChI is InChI=1S/C11H15NO3/c13-11(10-4-2-8-15-10)12-6-5-9-3-1-7-14-9/h1,3,7,10H,2,4-6,8H2,(H,12,13). The molecule has 0 saturated carbocycles. The quantitative estimate of drug-likeness (QED) is 0.808. The Bertz CT molecular complexity index is 302. The minimum atomic E-state index is -0.235. The number of carbonyl (C=O) groups is 1. The van der Waals surface area contributed by atoms with Gasteiger partial charge in [0.1, 0.15) is 11.9 Å². The van der Waals surface area contributed by atoms with Gasteiger partial charge < -0.3 is 14.5 Å². The van der Waals surface area contributed by atoms with Gasteiger partial charge in [-0.25, -0.2) is 0 Å². The Labute approximate surface area is 88.6 Å². The molecule has 2 heterocycles. The first-order chi connectivity index (χ1) is 7.36. The first kappa shape index (κ1) is 10.2. The first-order valence-electron chi connectivity index (χ1n) is 5.28. The summed E-state index contributed by atoms with van der Waals surface area (Å²) in [7, 11) is 0. The molecule has 1 aliphatic heterocycles. The zero-order valence-corrected chi connectivity index (χ0v) is 8.57. The molecule has 2 rings (SSSR count). The molecule has 82 valence electrons. The van der Waals surface area contributed by atoms with Crippen LogP contribution in [0.5, 0.6) is 0 Å². The molecule has 0 radical (unpaired) electrons. The maximum Gasteiger partial charge on any atom is 0.249 e. The minimum absolute atomic E-state index is 0.000874. The second-order valence-corrected chi connectivity index (χ2v) is 3.62. The van der Waals surface area contributed by atoms with Gasteiger partial charge in [-0.2, -0.15) is 0 Å². The molecule has 1 amide bonds. The number of nitrogens with one attached hydrogen (secondary N) is 1. The molecule has 1 saturated heterocycles. The van der Waals surface area contributed by atoms with Crippen molar-refractivity contribution in [2.75, 3.05) is 13.2 Å². The zero-order chi connectivity index (χ0) is 10.5. The van der Waals surface area contributed by atoms with Crippen molar-refractivity contribution in [3.05, 3.63) is 24.2 Å². The third-order valence-electron chi connectivity index (χ3n) is 2.47. The van der Waals surface area contributed by atoms with Crippen molar-refractivity contribution >= 4 is 5.91 Å². The molecule has 1 fully saturated rings. The van der Waals surface area contributed by atoms with E-state index < -0.39 is 0 Å². The highest BCUT2D eigenvalue weighted by atomic mass is 16.5. The maximum atomic E-state index is 11.5. The summed E-state index contributed by atoms with van der Waals surface area (Å²) >= 11 is 0. The van der Waals surface area contributed by atoms with Gasteiger partial charge in [0.25, 0.3) is 0 Å². The molecule has 4 heteroatoms. The van der Waals surface area contributed by atoms with Crippen LogP contribution in [0, 0.1) is 0 Å². The fourth-order valence-corrected chi connectivity index (χ4v) is 1.66. The lowest BCUT2D eigenvalue weighted by atomic mass is 10.2. The van der Waals surface area contributed by atoms with E-state index in [-0.39, 0.29) is 12.0 Å². The van der Waals surface area contributed by atoms with Crippen LogP contribution < -0.4 is 5.32 Å². The average molecular weight is 209 g/mol. The predicted octanol–water partition coefficient (Wildman–Crippen LogP) is 1.12. The molecule has 0 bridgehead atoms. The van der Waals surface area contributed by atoms with Crippen LogP contribution in [0.4, 0.5) is 0 Å². The van der Waals surface area contributed by atoms with Crippen LogP contribution in [0.2, 0.25) is 0 Å². The van der Waals surface area contributed by atoms with E-state index in [1.807, 2.05) is 12.1 Å². The highest BCUT2D eigenvalue weighted by Gasteiger charge is 2.22. The fraction of sp³-hybridized carbons (Fsp3) is 0.545. The summed E-state index contributed by atoms with van der Waals surface area (Å²) in [6, 6.07) is 3.75. The highest BCUT2D eigenvalue weighted by molar-refractivity contribution is 5.80. The molecule has 1 aromatic rings. The molecular weight excluding hydrogens is 194 g/mol. The summed E-state index contributed by atoms with van der Waals surface area (Å²) in [5.41, 5.74) is 0. The van der Waals surface area contributed by atoms with Crippen LogP contribution in [0.15, 0.2) is 22.8 Å². The van der Waals surface area contributed by atoms with Crippen molar-refractivity contribution in [2.24, 2.45) is 0 Å². The lowest BCUT2D eigenvalue weighted by Gasteiger charge is -2.09. The van der Waals surface area contributed by atoms with E-state index in [0.717, 1.165) is 25.0 Å². The van der Waals surface area contributed by atoms with Gasteiger partial charge >= 0.3 is 0 Å². The lowest BCUT2D eigenvalue weighted by molar-refractivity contribution is -0.130. The summed E-state index contributed by atoms with van der Waals surface area (Å²) in [6.45, 7) is 1.31. The second kappa shape index (κ2) is 4.98. The largest absolute Gasteiger partial charge is 0.469 e. The Hall–Kier alpha value is -1.29. The number of rotatable bonds is 4. The molecule has 0 spiro atoms. The highest BCUT2D eigenvalue weighted by Crippen LogP contribution is 2.11. The van der Waals surface area contributed by atoms with Gasteiger partial charge in [-0.3, -0.25) is 4.79 Å². The van der Waals surface area contributed by atoms with E-state index in [9.17, 15) is 4.79 Å². The summed E-state index contributed by atoms with van der Waals surface area (Å²) in [4.78, 5) is 11.5. The average Bonchev–Trinajstić information content (AvgIpc) is 2.90. The summed E-state index contributed by atoms with van der Waals surface area (Å²) < 4.78 is 10.4. The van der Waals surface area contributed by atoms with E-state index in [1.54, 1.807) is 6.26 Å². The van der Waals surface area contributed by atoms with Crippen LogP contribution in [0.25, 0.3) is 0 Å². The molecule has 1 atom stereocenters. The van der Waals surface area contributed by atoms with Crippen LogP contribution in [0.1, 0.15) is 18.6 Å². The Balaban J connectivity index is 1.67. The Kier molecular flexibility index (Phi) is 3.40. The van der Waals surface area contributed by atoms with Crippen molar-refractivity contribution in [1.82, 2.24) is 5.32 Å². The van der Waals surface area contributed by atoms with E-state index in [1.165, 1.54) is 0 Å². The van der Waals surface area contributed by atoms with Gasteiger partial charge in [-0.05, 0) is 25.0 Å². The topological polar surface area (TPSA) is 51.5 Å². The fourth-order valence-electron chi connectivity index (χ4n) is 1.66. The first-order valence-corrected chi connectivity index (χ1v) is 5.28. The number of ether oxygens (including phenoxy) is 1. The van der Waals surface area contributed by atoms with Gasteiger partial charge in [0.2, 0.25) is 5.91 Å². The molecule has 1 aromatic heterocycles. The Morgan fingerprint density at radius 3 is 3.20 bits per heavy atom. The van der Waals surface area contributed by atoms with Crippen molar-refractivity contribution < 1.29 is 13.9 Å². The van der Waals surface area contributed by atoms with Crippen LogP contribution >= 0.6 is 0 Å². The normalized spacial score (nSPS) is 20.4. The monoisotopic (exact) mass is 209 g/mol. The van der Waals surface area contributed by atoms with Gasteiger partial charge in [-0.1, -0.05) is 0 Å². The van der Waals surface area contributed by atoms with Crippen molar-refractivity contribution in [3.8, 4) is 0 Å². The zero-order valence-electron chi connectivity index (χ0n) is 8.57. The summed E-state index contributed by atoms with van der Waals surface area (Å²) in [6.07, 6.45) is 3.95. The van der Waals surface area contributed by atoms with Gasteiger partial charge in [-0.15, -0.1) is 0 Å². The molecule has 0 aromatic carbocycles. The van der Waals surface area contributed by atoms with Crippen molar-refractivity contribution in [1.29, 1.82) is 0 Å². The Morgan fingerprint density at radius 2 is 2.53 bits per heavy atom. The second-order valence-electron chi connectivity index (χ2n) is 3.62. The third-order valence-corrected chi connectivity index (χ3v) is 2.47. The molecule has 15 heavy (non-hydrogen) atoms. The number of furan rings is 1. The van der Waals surface area contributed by atoms with Crippen molar-refractivity contribution in [3.63, 3.8) is 0 Å². The Morgan fingerprint density at radius 1 is 1.60 bits per heavy atom. The van der Waals surface area contributed by atoms with E-state index in [2.05, 4.69) is 5.32 Å². The lowest BCUT2D eigenvalue weighted by Crippen LogP contribution is -2.35. The maximum absolute atomic E-state index is 11.5. The third kappa shape index (κ3) is 2.83. The van der Waals surface area contributed by atoms with E-state index >= 15 is 0 Å². The molecular formula is C11H15NO3. The number of amides is 1. The molecule has 1 unspecified atom stereocenters. The van der Waals surface area contributed by atoms with E-state index in [0.29, 0.717) is 13.2 Å². The van der Waals surface area contributed by atoms with Crippen LogP contribution in [0.3, 0.4) is 0 Å². The van der Waals surface area contributed by atoms with Gasteiger partial charge in [0, 0.05) is 19.6 Å². The van der Waals surface area contributed by atoms with Crippen LogP contribution in [-0.2, 0) is 16.0 Å². The van der Waals surface area contributed by atoms with Gasteiger partial charge in [0.15, 0.2) is 0 Å². The number of carbonyl (C=O) groups excluding carboxylic acids is 1. The molecule has 0 aliphatic carbocycles. The van der Waals surface area contributed by atoms with Crippen molar-refractivity contribution in [2.45, 2.75) is 25.4 Å². The number of hydrogen-bond donors (Lipinski definition) is 1. The summed E-state index contributed by atoms with van der Waals surface area (Å²) in [5.74, 6) is 0.890. The van der Waals surface area contributed by atoms with E-state index in [4.69, 9.17) is 9.15 Å². The van der Waals surface area contributed by atoms with Crippen LogP contribution in [-0.4, -0.2) is 25.2 Å². The minimum Gasteiger partial charge on any atom is -0.469 e. The molecule has 1 aliphatic rings. The smallest absolute Gasteiger partial charge is 0.249 e. The predicted molar refractivity (Wildman–Crippen MR) is 54.4 cm³/mol. The summed E-state index contributed by atoms with van der Waals surface area (Å²) in [5, 5.41) is 2.84. The molecule has 4 nitrogen and oxygen atoms in total. The number of hydrogen-bond acceptors (Lipinski definition) is 3. The molecule has 1 N–H and O–H groups in total. The SMILES string of the molecule is O=C(NCCc1ccco1)C1CCCO1.